The number of oxazole rings is 1. The van der Waals surface area contributed by atoms with Crippen LogP contribution >= 0.6 is 23.4 Å². The molecule has 0 spiro atoms. The number of fused-ring (bicyclic) bond motifs is 1. The van der Waals surface area contributed by atoms with Crippen molar-refractivity contribution < 1.29 is 33.8 Å². The molecule has 2 atom stereocenters. The summed E-state index contributed by atoms with van der Waals surface area (Å²) in [6.45, 7) is -0.624. The van der Waals surface area contributed by atoms with Gasteiger partial charge in [0.15, 0.2) is 5.58 Å². The average Bonchev–Trinajstić information content (AvgIpc) is 3.09. The molecule has 2 amide bonds. The topological polar surface area (TPSA) is 185 Å². The molecule has 0 bridgehead atoms. The second kappa shape index (κ2) is 10.8. The largest absolute Gasteiger partial charge is 0.480 e. The molecule has 30 heavy (non-hydrogen) atoms. The summed E-state index contributed by atoms with van der Waals surface area (Å²) in [7, 11) is 0. The number of carboxylic acids is 2. The summed E-state index contributed by atoms with van der Waals surface area (Å²) in [6.07, 6.45) is -0.341. The van der Waals surface area contributed by atoms with E-state index in [1.807, 2.05) is 0 Å². The van der Waals surface area contributed by atoms with Gasteiger partial charge >= 0.3 is 11.9 Å². The number of nitrogens with one attached hydrogen (secondary N) is 2. The smallest absolute Gasteiger partial charge is 0.322 e. The van der Waals surface area contributed by atoms with E-state index < -0.39 is 42.4 Å². The lowest BCUT2D eigenvalue weighted by atomic mass is 10.1. The van der Waals surface area contributed by atoms with Crippen LogP contribution in [0.4, 0.5) is 0 Å². The van der Waals surface area contributed by atoms with Crippen LogP contribution in [0.3, 0.4) is 0 Å². The number of carboxylic acid groups (broad SMARTS) is 2. The Morgan fingerprint density at radius 3 is 2.67 bits per heavy atom. The Kier molecular flexibility index (Phi) is 8.45. The summed E-state index contributed by atoms with van der Waals surface area (Å²) in [4.78, 5) is 50.0. The number of nitrogens with two attached hydrogens (primary N) is 1. The Morgan fingerprint density at radius 2 is 2.00 bits per heavy atom. The SMILES string of the molecule is NC(CCC(=O)NC(CSc1nc2ccc(Cl)cc2o1)C(=O)NCC(=O)O)C(=O)O. The average molecular weight is 459 g/mol. The number of aliphatic carboxylic acids is 2. The predicted octanol–water partition coefficient (Wildman–Crippen LogP) is 0.451. The fraction of sp³-hybridized carbons (Fsp3) is 0.353. The molecule has 0 saturated heterocycles. The van der Waals surface area contributed by atoms with Gasteiger partial charge in [0.2, 0.25) is 11.8 Å². The molecule has 0 saturated carbocycles. The monoisotopic (exact) mass is 458 g/mol. The molecule has 0 aliphatic carbocycles. The molecular formula is C17H19ClN4O7S. The van der Waals surface area contributed by atoms with Crippen LogP contribution in [0.2, 0.25) is 5.02 Å². The van der Waals surface area contributed by atoms with Gasteiger partial charge in [0.25, 0.3) is 5.22 Å². The van der Waals surface area contributed by atoms with Crippen molar-refractivity contribution in [2.24, 2.45) is 5.73 Å². The van der Waals surface area contributed by atoms with Crippen LogP contribution < -0.4 is 16.4 Å². The van der Waals surface area contributed by atoms with Crippen molar-refractivity contribution in [2.75, 3.05) is 12.3 Å². The molecule has 13 heteroatoms. The van der Waals surface area contributed by atoms with Crippen molar-refractivity contribution in [1.82, 2.24) is 15.6 Å². The highest BCUT2D eigenvalue weighted by atomic mass is 35.5. The quantitative estimate of drug-likeness (QED) is 0.296. The molecule has 6 N–H and O–H groups in total. The van der Waals surface area contributed by atoms with E-state index in [1.165, 1.54) is 0 Å². The third kappa shape index (κ3) is 7.21. The first-order valence-corrected chi connectivity index (χ1v) is 9.98. The van der Waals surface area contributed by atoms with Gasteiger partial charge in [-0.15, -0.1) is 0 Å². The molecule has 2 unspecified atom stereocenters. The third-order valence-corrected chi connectivity index (χ3v) is 4.93. The summed E-state index contributed by atoms with van der Waals surface area (Å²) in [6, 6.07) is 2.57. The molecular weight excluding hydrogens is 440 g/mol. The third-order valence-electron chi connectivity index (χ3n) is 3.77. The van der Waals surface area contributed by atoms with Gasteiger partial charge in [0, 0.05) is 23.3 Å². The number of halogens is 1. The zero-order chi connectivity index (χ0) is 22.3. The molecule has 0 radical (unpaired) electrons. The van der Waals surface area contributed by atoms with Crippen LogP contribution in [0.5, 0.6) is 0 Å². The van der Waals surface area contributed by atoms with Gasteiger partial charge in [-0.05, 0) is 18.6 Å². The zero-order valence-corrected chi connectivity index (χ0v) is 17.0. The van der Waals surface area contributed by atoms with Crippen molar-refractivity contribution in [3.63, 3.8) is 0 Å². The molecule has 0 aliphatic heterocycles. The highest BCUT2D eigenvalue weighted by Gasteiger charge is 2.23. The van der Waals surface area contributed by atoms with Crippen LogP contribution in [0.25, 0.3) is 11.1 Å². The highest BCUT2D eigenvalue weighted by molar-refractivity contribution is 7.99. The number of carbonyl (C=O) groups is 4. The Balaban J connectivity index is 2.02. The van der Waals surface area contributed by atoms with Crippen LogP contribution in [0.1, 0.15) is 12.8 Å². The van der Waals surface area contributed by atoms with E-state index in [1.54, 1.807) is 18.2 Å². The number of thioether (sulfide) groups is 1. The number of benzene rings is 1. The summed E-state index contributed by atoms with van der Waals surface area (Å²) in [5.41, 5.74) is 6.36. The predicted molar refractivity (Wildman–Crippen MR) is 107 cm³/mol. The van der Waals surface area contributed by atoms with Crippen LogP contribution in [0, 0.1) is 0 Å². The number of rotatable bonds is 11. The van der Waals surface area contributed by atoms with Gasteiger partial charge in [-0.1, -0.05) is 23.4 Å². The van der Waals surface area contributed by atoms with Crippen LogP contribution in [-0.4, -0.2) is 63.3 Å². The van der Waals surface area contributed by atoms with Gasteiger partial charge in [-0.3, -0.25) is 19.2 Å². The molecule has 2 aromatic rings. The Morgan fingerprint density at radius 1 is 1.27 bits per heavy atom. The van der Waals surface area contributed by atoms with E-state index in [4.69, 9.17) is 32.0 Å². The van der Waals surface area contributed by atoms with E-state index in [0.29, 0.717) is 16.1 Å². The molecule has 0 aliphatic rings. The minimum atomic E-state index is -1.25. The normalized spacial score (nSPS) is 12.9. The lowest BCUT2D eigenvalue weighted by Gasteiger charge is -2.17. The van der Waals surface area contributed by atoms with E-state index >= 15 is 0 Å². The number of amides is 2. The van der Waals surface area contributed by atoms with Gasteiger partial charge in [0.05, 0.1) is 0 Å². The summed E-state index contributed by atoms with van der Waals surface area (Å²) >= 11 is 6.93. The van der Waals surface area contributed by atoms with E-state index in [9.17, 15) is 19.2 Å². The minimum Gasteiger partial charge on any atom is -0.480 e. The summed E-state index contributed by atoms with van der Waals surface area (Å²) in [5.74, 6) is -3.83. The van der Waals surface area contributed by atoms with Crippen molar-refractivity contribution in [2.45, 2.75) is 30.1 Å². The summed E-state index contributed by atoms with van der Waals surface area (Å²) < 4.78 is 5.53. The molecule has 11 nitrogen and oxygen atoms in total. The standard InChI is InChI=1S/C17H19ClN4O7S/c18-8-1-3-10-12(5-8)29-17(22-10)30-7-11(15(26)20-6-14(24)25)21-13(23)4-2-9(19)16(27)28/h1,3,5,9,11H,2,4,6-7,19H2,(H,20,26)(H,21,23)(H,24,25)(H,27,28). The summed E-state index contributed by atoms with van der Waals surface area (Å²) in [5, 5.41) is 22.8. The van der Waals surface area contributed by atoms with Gasteiger partial charge in [-0.2, -0.15) is 0 Å². The van der Waals surface area contributed by atoms with Crippen molar-refractivity contribution >= 4 is 58.2 Å². The first-order valence-electron chi connectivity index (χ1n) is 8.62. The van der Waals surface area contributed by atoms with Crippen molar-refractivity contribution in [3.8, 4) is 0 Å². The van der Waals surface area contributed by atoms with Crippen LogP contribution in [0.15, 0.2) is 27.8 Å². The number of carbonyl (C=O) groups excluding carboxylic acids is 2. The highest BCUT2D eigenvalue weighted by Crippen LogP contribution is 2.26. The van der Waals surface area contributed by atoms with Crippen molar-refractivity contribution in [3.05, 3.63) is 23.2 Å². The Hall–Kier alpha value is -2.83. The zero-order valence-electron chi connectivity index (χ0n) is 15.5. The maximum absolute atomic E-state index is 12.3. The molecule has 1 aromatic heterocycles. The maximum Gasteiger partial charge on any atom is 0.322 e. The Bertz CT molecular complexity index is 951. The molecule has 2 rings (SSSR count). The van der Waals surface area contributed by atoms with Gasteiger partial charge < -0.3 is 31.0 Å². The van der Waals surface area contributed by atoms with Gasteiger partial charge in [0.1, 0.15) is 24.1 Å². The first kappa shape index (κ1) is 23.4. The second-order valence-corrected chi connectivity index (χ2v) is 7.53. The molecule has 0 fully saturated rings. The lowest BCUT2D eigenvalue weighted by molar-refractivity contribution is -0.139. The number of aromatic nitrogens is 1. The Labute approximate surface area is 179 Å². The lowest BCUT2D eigenvalue weighted by Crippen LogP contribution is -2.49. The maximum atomic E-state index is 12.3. The van der Waals surface area contributed by atoms with Crippen molar-refractivity contribution in [1.29, 1.82) is 0 Å². The fourth-order valence-corrected chi connectivity index (χ4v) is 3.26. The number of hydrogen-bond donors (Lipinski definition) is 5. The van der Waals surface area contributed by atoms with E-state index in [0.717, 1.165) is 11.8 Å². The fourth-order valence-electron chi connectivity index (χ4n) is 2.24. The molecule has 162 valence electrons. The van der Waals surface area contributed by atoms with E-state index in [2.05, 4.69) is 15.6 Å². The molecule has 1 heterocycles. The van der Waals surface area contributed by atoms with Gasteiger partial charge in [-0.25, -0.2) is 4.98 Å². The minimum absolute atomic E-state index is 0.0112. The first-order chi connectivity index (χ1) is 14.2. The second-order valence-electron chi connectivity index (χ2n) is 6.12. The molecule has 1 aromatic carbocycles. The van der Waals surface area contributed by atoms with E-state index in [-0.39, 0.29) is 23.8 Å². The number of hydrogen-bond acceptors (Lipinski definition) is 8. The number of nitrogens with zero attached hydrogens (tertiary/aromatic N) is 1. The van der Waals surface area contributed by atoms with Crippen LogP contribution in [-0.2, 0) is 19.2 Å².